The van der Waals surface area contributed by atoms with E-state index in [1.807, 2.05) is 0 Å². The fraction of sp³-hybridized carbons (Fsp3) is 0.500. The van der Waals surface area contributed by atoms with E-state index in [1.165, 1.54) is 0 Å². The summed E-state index contributed by atoms with van der Waals surface area (Å²) in [6, 6.07) is 2.17. The zero-order chi connectivity index (χ0) is 14.1. The van der Waals surface area contributed by atoms with Gasteiger partial charge in [0, 0.05) is 24.3 Å². The maximum Gasteiger partial charge on any atom is 0.204 e. The zero-order valence-electron chi connectivity index (χ0n) is 11.4. The van der Waals surface area contributed by atoms with Gasteiger partial charge in [0.15, 0.2) is 5.78 Å². The molecular weight excluding hydrogens is 252 g/mol. The molecule has 0 aromatic carbocycles. The third-order valence-electron chi connectivity index (χ3n) is 4.43. The van der Waals surface area contributed by atoms with Crippen molar-refractivity contribution >= 4 is 5.78 Å². The summed E-state index contributed by atoms with van der Waals surface area (Å²) in [5.74, 6) is 1.15. The molecule has 0 spiro atoms. The van der Waals surface area contributed by atoms with Crippen LogP contribution in [0.3, 0.4) is 0 Å². The van der Waals surface area contributed by atoms with Crippen LogP contribution >= 0.6 is 0 Å². The molecule has 2 N–H and O–H groups in total. The van der Waals surface area contributed by atoms with Crippen LogP contribution in [0.5, 0.6) is 0 Å². The number of allylic oxidation sites excluding steroid dienone is 5. The molecule has 0 saturated carbocycles. The second-order valence-corrected chi connectivity index (χ2v) is 5.63. The molecule has 0 aromatic rings. The third-order valence-corrected chi connectivity index (χ3v) is 4.43. The van der Waals surface area contributed by atoms with Crippen LogP contribution in [0.1, 0.15) is 38.5 Å². The largest absolute Gasteiger partial charge is 0.444 e. The SMILES string of the molecule is N#CC1=C(N)OC2=C(C(=O)CCC2)[C@H]1[C@H]1CC=CCC1. The van der Waals surface area contributed by atoms with Crippen molar-refractivity contribution in [2.75, 3.05) is 0 Å². The number of carbonyl (C=O) groups is 1. The first-order valence-electron chi connectivity index (χ1n) is 7.21. The molecule has 0 radical (unpaired) electrons. The Morgan fingerprint density at radius 2 is 2.20 bits per heavy atom. The molecule has 2 atom stereocenters. The summed E-state index contributed by atoms with van der Waals surface area (Å²) in [7, 11) is 0. The first kappa shape index (κ1) is 13.0. The number of hydrogen-bond acceptors (Lipinski definition) is 4. The Labute approximate surface area is 118 Å². The van der Waals surface area contributed by atoms with Gasteiger partial charge in [-0.2, -0.15) is 5.26 Å². The van der Waals surface area contributed by atoms with Gasteiger partial charge in [0.2, 0.25) is 5.88 Å². The molecule has 2 aliphatic carbocycles. The Morgan fingerprint density at radius 3 is 2.90 bits per heavy atom. The highest BCUT2D eigenvalue weighted by Crippen LogP contribution is 2.44. The summed E-state index contributed by atoms with van der Waals surface area (Å²) in [4.78, 5) is 12.3. The van der Waals surface area contributed by atoms with Crippen molar-refractivity contribution in [2.45, 2.75) is 38.5 Å². The van der Waals surface area contributed by atoms with Crippen molar-refractivity contribution < 1.29 is 9.53 Å². The van der Waals surface area contributed by atoms with Crippen LogP contribution in [0, 0.1) is 23.2 Å². The van der Waals surface area contributed by atoms with Crippen molar-refractivity contribution in [1.82, 2.24) is 0 Å². The maximum atomic E-state index is 12.3. The second kappa shape index (κ2) is 5.16. The van der Waals surface area contributed by atoms with Gasteiger partial charge in [-0.15, -0.1) is 0 Å². The van der Waals surface area contributed by atoms with E-state index in [1.54, 1.807) is 0 Å². The molecule has 4 heteroatoms. The molecule has 3 aliphatic rings. The second-order valence-electron chi connectivity index (χ2n) is 5.63. The number of ketones is 1. The van der Waals surface area contributed by atoms with Crippen molar-refractivity contribution in [2.24, 2.45) is 17.6 Å². The Balaban J connectivity index is 2.05. The summed E-state index contributed by atoms with van der Waals surface area (Å²) < 4.78 is 5.56. The van der Waals surface area contributed by atoms with Crippen molar-refractivity contribution in [1.29, 1.82) is 5.26 Å². The Morgan fingerprint density at radius 1 is 1.35 bits per heavy atom. The minimum atomic E-state index is -0.165. The van der Waals surface area contributed by atoms with Gasteiger partial charge < -0.3 is 10.5 Å². The zero-order valence-corrected chi connectivity index (χ0v) is 11.4. The van der Waals surface area contributed by atoms with E-state index >= 15 is 0 Å². The number of nitrogens with two attached hydrogens (primary N) is 1. The van der Waals surface area contributed by atoms with Crippen LogP contribution in [0.15, 0.2) is 34.9 Å². The predicted molar refractivity (Wildman–Crippen MR) is 73.8 cm³/mol. The standard InChI is InChI=1S/C16H18N2O2/c17-9-11-14(10-5-2-1-3-6-10)15-12(19)7-4-8-13(15)20-16(11)18/h1-2,10,14H,3-8,18H2/t10-,14-/m0/s1. The Bertz CT molecular complexity index is 578. The number of ether oxygens (including phenoxy) is 1. The molecule has 20 heavy (non-hydrogen) atoms. The summed E-state index contributed by atoms with van der Waals surface area (Å²) in [5, 5.41) is 9.42. The van der Waals surface area contributed by atoms with E-state index in [9.17, 15) is 10.1 Å². The van der Waals surface area contributed by atoms with Crippen molar-refractivity contribution in [3.8, 4) is 6.07 Å². The van der Waals surface area contributed by atoms with Gasteiger partial charge in [-0.3, -0.25) is 4.79 Å². The lowest BCUT2D eigenvalue weighted by atomic mass is 9.71. The molecule has 0 amide bonds. The number of rotatable bonds is 1. The average Bonchev–Trinajstić information content (AvgIpc) is 2.47. The fourth-order valence-electron chi connectivity index (χ4n) is 3.49. The minimum absolute atomic E-state index is 0.131. The van der Waals surface area contributed by atoms with E-state index in [0.717, 1.165) is 37.7 Å². The molecule has 3 rings (SSSR count). The van der Waals surface area contributed by atoms with Crippen LogP contribution in [0.25, 0.3) is 0 Å². The topological polar surface area (TPSA) is 76.1 Å². The van der Waals surface area contributed by atoms with Gasteiger partial charge in [0.05, 0.1) is 5.57 Å². The van der Waals surface area contributed by atoms with E-state index in [0.29, 0.717) is 17.8 Å². The maximum absolute atomic E-state index is 12.3. The molecule has 0 aromatic heterocycles. The molecule has 1 heterocycles. The van der Waals surface area contributed by atoms with Crippen LogP contribution in [0.4, 0.5) is 0 Å². The van der Waals surface area contributed by atoms with Crippen LogP contribution < -0.4 is 5.73 Å². The molecule has 0 fully saturated rings. The number of carbonyl (C=O) groups excluding carboxylic acids is 1. The molecule has 104 valence electrons. The van der Waals surface area contributed by atoms with Crippen LogP contribution in [-0.4, -0.2) is 5.78 Å². The van der Waals surface area contributed by atoms with Crippen LogP contribution in [0.2, 0.25) is 0 Å². The number of nitriles is 1. The van der Waals surface area contributed by atoms with Gasteiger partial charge in [0.25, 0.3) is 0 Å². The number of nitrogens with zero attached hydrogens (tertiary/aromatic N) is 1. The quantitative estimate of drug-likeness (QED) is 0.743. The Hall–Kier alpha value is -2.02. The summed E-state index contributed by atoms with van der Waals surface area (Å²) in [6.07, 6.45) is 9.30. The smallest absolute Gasteiger partial charge is 0.204 e. The summed E-state index contributed by atoms with van der Waals surface area (Å²) in [5.41, 5.74) is 7.08. The number of hydrogen-bond donors (Lipinski definition) is 1. The lowest BCUT2D eigenvalue weighted by Crippen LogP contribution is -2.33. The lowest BCUT2D eigenvalue weighted by molar-refractivity contribution is -0.117. The van der Waals surface area contributed by atoms with Gasteiger partial charge >= 0.3 is 0 Å². The summed E-state index contributed by atoms with van der Waals surface area (Å²) in [6.45, 7) is 0. The number of Topliss-reactive ketones (excluding diaryl/α,β-unsaturated/α-hetero) is 1. The van der Waals surface area contributed by atoms with Gasteiger partial charge in [-0.25, -0.2) is 0 Å². The molecule has 0 bridgehead atoms. The van der Waals surface area contributed by atoms with E-state index in [2.05, 4.69) is 18.2 Å². The highest BCUT2D eigenvalue weighted by molar-refractivity contribution is 5.98. The van der Waals surface area contributed by atoms with Crippen LogP contribution in [-0.2, 0) is 9.53 Å². The molecule has 4 nitrogen and oxygen atoms in total. The highest BCUT2D eigenvalue weighted by atomic mass is 16.5. The van der Waals surface area contributed by atoms with Gasteiger partial charge in [-0.05, 0) is 31.6 Å². The molecule has 0 unspecified atom stereocenters. The van der Waals surface area contributed by atoms with Gasteiger partial charge in [-0.1, -0.05) is 12.2 Å². The van der Waals surface area contributed by atoms with Gasteiger partial charge in [0.1, 0.15) is 11.8 Å². The minimum Gasteiger partial charge on any atom is -0.444 e. The first-order valence-corrected chi connectivity index (χ1v) is 7.21. The molecule has 1 aliphatic heterocycles. The van der Waals surface area contributed by atoms with Crippen molar-refractivity contribution in [3.63, 3.8) is 0 Å². The van der Waals surface area contributed by atoms with E-state index < -0.39 is 0 Å². The first-order chi connectivity index (χ1) is 9.72. The highest BCUT2D eigenvalue weighted by Gasteiger charge is 2.40. The lowest BCUT2D eigenvalue weighted by Gasteiger charge is -2.35. The van der Waals surface area contributed by atoms with Crippen molar-refractivity contribution in [3.05, 3.63) is 34.9 Å². The average molecular weight is 270 g/mol. The Kier molecular flexibility index (Phi) is 3.35. The predicted octanol–water partition coefficient (Wildman–Crippen LogP) is 2.69. The monoisotopic (exact) mass is 270 g/mol. The summed E-state index contributed by atoms with van der Waals surface area (Å²) >= 11 is 0. The molecular formula is C16H18N2O2. The third kappa shape index (κ3) is 2.03. The van der Waals surface area contributed by atoms with E-state index in [-0.39, 0.29) is 23.5 Å². The normalized spacial score (nSPS) is 29.9. The fourth-order valence-corrected chi connectivity index (χ4v) is 3.49. The molecule has 0 saturated heterocycles. The van der Waals surface area contributed by atoms with E-state index in [4.69, 9.17) is 10.5 Å².